The summed E-state index contributed by atoms with van der Waals surface area (Å²) in [4.78, 5) is 15.9. The predicted octanol–water partition coefficient (Wildman–Crippen LogP) is 3.81. The molecular weight excluding hydrogens is 363 g/mol. The summed E-state index contributed by atoms with van der Waals surface area (Å²) in [7, 11) is 0. The lowest BCUT2D eigenvalue weighted by atomic mass is 10.0. The van der Waals surface area contributed by atoms with Crippen molar-refractivity contribution in [2.45, 2.75) is 6.61 Å². The summed E-state index contributed by atoms with van der Waals surface area (Å²) in [5.74, 6) is -0.577. The smallest absolute Gasteiger partial charge is 0.409 e. The lowest BCUT2D eigenvalue weighted by Crippen LogP contribution is -2.11. The lowest BCUT2D eigenvalue weighted by Gasteiger charge is -2.16. The van der Waals surface area contributed by atoms with Crippen LogP contribution in [-0.2, 0) is 6.61 Å². The highest BCUT2D eigenvalue weighted by Gasteiger charge is 2.20. The molecule has 3 N–H and O–H groups in total. The first kappa shape index (κ1) is 17.6. The Labute approximate surface area is 158 Å². The Morgan fingerprint density at radius 2 is 1.96 bits per heavy atom. The largest absolute Gasteiger partial charge is 0.465 e. The number of aromatic nitrogens is 3. The molecule has 140 valence electrons. The number of pyridine rings is 1. The van der Waals surface area contributed by atoms with Gasteiger partial charge in [-0.15, -0.1) is 0 Å². The topological polar surface area (TPSA) is 100 Å². The van der Waals surface area contributed by atoms with Gasteiger partial charge >= 0.3 is 6.09 Å². The number of rotatable bonds is 4. The van der Waals surface area contributed by atoms with Crippen LogP contribution in [0.15, 0.2) is 60.8 Å². The molecule has 0 aliphatic rings. The average Bonchev–Trinajstić information content (AvgIpc) is 3.15. The maximum atomic E-state index is 14.8. The molecule has 0 aliphatic carbocycles. The Morgan fingerprint density at radius 1 is 1.14 bits per heavy atom. The second-order valence-electron chi connectivity index (χ2n) is 6.04. The minimum Gasteiger partial charge on any atom is -0.465 e. The van der Waals surface area contributed by atoms with Crippen molar-refractivity contribution in [3.05, 3.63) is 72.3 Å². The van der Waals surface area contributed by atoms with Crippen LogP contribution in [0.1, 0.15) is 5.69 Å². The first-order valence-electron chi connectivity index (χ1n) is 8.41. The summed E-state index contributed by atoms with van der Waals surface area (Å²) in [5.41, 5.74) is 1.91. The molecule has 0 saturated heterocycles. The van der Waals surface area contributed by atoms with E-state index in [1.54, 1.807) is 24.3 Å². The number of fused-ring (bicyclic) bond motifs is 1. The van der Waals surface area contributed by atoms with Gasteiger partial charge in [-0.05, 0) is 24.3 Å². The number of hydrogen-bond acceptors (Lipinski definition) is 4. The second kappa shape index (κ2) is 7.09. The van der Waals surface area contributed by atoms with Crippen LogP contribution in [0, 0.1) is 5.82 Å². The Morgan fingerprint density at radius 3 is 2.75 bits per heavy atom. The van der Waals surface area contributed by atoms with E-state index in [9.17, 15) is 19.4 Å². The van der Waals surface area contributed by atoms with E-state index < -0.39 is 11.9 Å². The van der Waals surface area contributed by atoms with E-state index >= 15 is 0 Å². The van der Waals surface area contributed by atoms with Crippen molar-refractivity contribution in [3.63, 3.8) is 0 Å². The van der Waals surface area contributed by atoms with E-state index in [-0.39, 0.29) is 23.7 Å². The summed E-state index contributed by atoms with van der Waals surface area (Å²) in [6, 6.07) is 14.9. The zero-order valence-corrected chi connectivity index (χ0v) is 14.5. The molecule has 2 aromatic carbocycles. The van der Waals surface area contributed by atoms with E-state index in [0.29, 0.717) is 16.8 Å². The van der Waals surface area contributed by atoms with Gasteiger partial charge in [0.2, 0.25) is 0 Å². The number of carbonyl (C=O) groups is 1. The molecule has 0 aliphatic heterocycles. The van der Waals surface area contributed by atoms with E-state index in [0.717, 1.165) is 5.39 Å². The molecule has 0 fully saturated rings. The number of halogens is 1. The third-order valence-electron chi connectivity index (χ3n) is 4.30. The van der Waals surface area contributed by atoms with Crippen LogP contribution in [0.3, 0.4) is 0 Å². The highest BCUT2D eigenvalue weighted by atomic mass is 19.1. The number of carboxylic acid groups (broad SMARTS) is 1. The molecule has 0 saturated carbocycles. The van der Waals surface area contributed by atoms with E-state index in [1.165, 1.54) is 23.0 Å². The van der Waals surface area contributed by atoms with Crippen molar-refractivity contribution in [2.24, 2.45) is 0 Å². The highest BCUT2D eigenvalue weighted by Crippen LogP contribution is 2.35. The summed E-state index contributed by atoms with van der Waals surface area (Å²) in [6.07, 6.45) is 0.192. The van der Waals surface area contributed by atoms with Crippen molar-refractivity contribution < 1.29 is 19.4 Å². The lowest BCUT2D eigenvalue weighted by molar-refractivity contribution is 0.210. The molecule has 0 unspecified atom stereocenters. The molecular formula is C20H15FN4O3. The molecule has 8 heteroatoms. The Hall–Kier alpha value is -3.78. The molecule has 0 spiro atoms. The zero-order valence-electron chi connectivity index (χ0n) is 14.5. The van der Waals surface area contributed by atoms with E-state index in [2.05, 4.69) is 15.4 Å². The monoisotopic (exact) mass is 378 g/mol. The molecule has 2 heterocycles. The van der Waals surface area contributed by atoms with Gasteiger partial charge in [-0.1, -0.05) is 30.3 Å². The fraction of sp³-hybridized carbons (Fsp3) is 0.0500. The maximum Gasteiger partial charge on any atom is 0.409 e. The third kappa shape index (κ3) is 3.06. The minimum absolute atomic E-state index is 0.0766. The summed E-state index contributed by atoms with van der Waals surface area (Å²) >= 11 is 0. The predicted molar refractivity (Wildman–Crippen MR) is 102 cm³/mol. The first-order valence-corrected chi connectivity index (χ1v) is 8.41. The molecule has 7 nitrogen and oxygen atoms in total. The van der Waals surface area contributed by atoms with Crippen LogP contribution >= 0.6 is 0 Å². The standard InChI is InChI=1S/C20H15FN4O3/c21-15-6-3-5-14(19(15)25-13(11-26)8-9-22-25)18-17(24-20(27)28)10-12-4-1-2-7-16(12)23-18/h1-10,24,26H,11H2,(H,27,28). The van der Waals surface area contributed by atoms with Gasteiger partial charge in [-0.3, -0.25) is 5.32 Å². The SMILES string of the molecule is O=C(O)Nc1cc2ccccc2nc1-c1cccc(F)c1-n1nccc1CO. The first-order chi connectivity index (χ1) is 13.6. The molecule has 4 aromatic rings. The van der Waals surface area contributed by atoms with Crippen LogP contribution < -0.4 is 5.32 Å². The summed E-state index contributed by atoms with van der Waals surface area (Å²) in [6.45, 7) is -0.334. The van der Waals surface area contributed by atoms with Gasteiger partial charge in [-0.2, -0.15) is 5.10 Å². The van der Waals surface area contributed by atoms with Crippen LogP contribution in [-0.4, -0.2) is 31.1 Å². The zero-order chi connectivity index (χ0) is 19.7. The van der Waals surface area contributed by atoms with Gasteiger partial charge in [0, 0.05) is 17.1 Å². The maximum absolute atomic E-state index is 14.8. The molecule has 28 heavy (non-hydrogen) atoms. The van der Waals surface area contributed by atoms with Crippen molar-refractivity contribution in [1.29, 1.82) is 0 Å². The van der Waals surface area contributed by atoms with Crippen molar-refractivity contribution >= 4 is 22.7 Å². The van der Waals surface area contributed by atoms with Crippen molar-refractivity contribution in [3.8, 4) is 16.9 Å². The van der Waals surface area contributed by atoms with Crippen LogP contribution in [0.4, 0.5) is 14.9 Å². The van der Waals surface area contributed by atoms with Gasteiger partial charge in [-0.25, -0.2) is 18.9 Å². The molecule has 0 radical (unpaired) electrons. The quantitative estimate of drug-likeness (QED) is 0.501. The van der Waals surface area contributed by atoms with E-state index in [4.69, 9.17) is 0 Å². The number of anilines is 1. The van der Waals surface area contributed by atoms with Gasteiger partial charge in [0.15, 0.2) is 0 Å². The fourth-order valence-corrected chi connectivity index (χ4v) is 3.11. The van der Waals surface area contributed by atoms with Crippen molar-refractivity contribution in [1.82, 2.24) is 14.8 Å². The Bertz CT molecular complexity index is 1190. The number of nitrogens with one attached hydrogen (secondary N) is 1. The number of aliphatic hydroxyl groups is 1. The average molecular weight is 378 g/mol. The second-order valence-corrected chi connectivity index (χ2v) is 6.04. The molecule has 0 bridgehead atoms. The summed E-state index contributed by atoms with van der Waals surface area (Å²) < 4.78 is 16.1. The van der Waals surface area contributed by atoms with E-state index in [1.807, 2.05) is 18.2 Å². The Balaban J connectivity index is 2.03. The molecule has 0 atom stereocenters. The van der Waals surface area contributed by atoms with Crippen LogP contribution in [0.25, 0.3) is 27.8 Å². The number of aliphatic hydroxyl groups excluding tert-OH is 1. The van der Waals surface area contributed by atoms with Gasteiger partial charge in [0.1, 0.15) is 11.5 Å². The molecule has 2 aromatic heterocycles. The normalized spacial score (nSPS) is 10.9. The third-order valence-corrected chi connectivity index (χ3v) is 4.30. The molecule has 4 rings (SSSR count). The minimum atomic E-state index is -1.26. The van der Waals surface area contributed by atoms with Crippen molar-refractivity contribution in [2.75, 3.05) is 5.32 Å². The highest BCUT2D eigenvalue weighted by molar-refractivity contribution is 5.96. The van der Waals surface area contributed by atoms with Gasteiger partial charge < -0.3 is 10.2 Å². The molecule has 1 amide bonds. The van der Waals surface area contributed by atoms with Gasteiger partial charge in [0.05, 0.1) is 29.2 Å². The number of nitrogens with zero attached hydrogens (tertiary/aromatic N) is 3. The Kier molecular flexibility index (Phi) is 4.46. The van der Waals surface area contributed by atoms with Gasteiger partial charge in [0.25, 0.3) is 0 Å². The number of benzene rings is 2. The fourth-order valence-electron chi connectivity index (χ4n) is 3.11. The summed E-state index contributed by atoms with van der Waals surface area (Å²) in [5, 5.41) is 26.0. The number of amides is 1. The van der Waals surface area contributed by atoms with Crippen LogP contribution in [0.5, 0.6) is 0 Å². The number of hydrogen-bond donors (Lipinski definition) is 3. The van der Waals surface area contributed by atoms with Crippen LogP contribution in [0.2, 0.25) is 0 Å². The number of para-hydroxylation sites is 2.